The summed E-state index contributed by atoms with van der Waals surface area (Å²) in [7, 11) is 3.43. The van der Waals surface area contributed by atoms with Gasteiger partial charge in [-0.1, -0.05) is 12.1 Å². The number of hydrogen-bond acceptors (Lipinski definition) is 5. The second-order valence-electron chi connectivity index (χ2n) is 5.31. The number of likely N-dealkylation sites (tertiary alicyclic amines) is 1. The van der Waals surface area contributed by atoms with E-state index < -0.39 is 0 Å². The van der Waals surface area contributed by atoms with Gasteiger partial charge < -0.3 is 19.9 Å². The molecule has 1 fully saturated rings. The molecule has 21 heavy (non-hydrogen) atoms. The summed E-state index contributed by atoms with van der Waals surface area (Å²) < 4.78 is 16.6. The lowest BCUT2D eigenvalue weighted by molar-refractivity contribution is 0.00914. The van der Waals surface area contributed by atoms with E-state index in [0.717, 1.165) is 37.4 Å². The smallest absolute Gasteiger partial charge is 0.161 e. The largest absolute Gasteiger partial charge is 0.493 e. The zero-order chi connectivity index (χ0) is 15.1. The number of benzene rings is 1. The molecule has 2 N–H and O–H groups in total. The monoisotopic (exact) mass is 294 g/mol. The lowest BCUT2D eigenvalue weighted by Gasteiger charge is -2.38. The molecule has 118 valence electrons. The summed E-state index contributed by atoms with van der Waals surface area (Å²) in [6, 6.07) is 8.10. The molecule has 1 aromatic carbocycles. The minimum atomic E-state index is 0.338. The van der Waals surface area contributed by atoms with Gasteiger partial charge in [0.1, 0.15) is 6.61 Å². The molecule has 0 bridgehead atoms. The molecule has 0 aromatic heterocycles. The van der Waals surface area contributed by atoms with E-state index in [0.29, 0.717) is 25.3 Å². The molecule has 1 saturated heterocycles. The fraction of sp³-hybridized carbons (Fsp3) is 0.625. The van der Waals surface area contributed by atoms with Gasteiger partial charge in [-0.2, -0.15) is 0 Å². The number of rotatable bonds is 7. The molecule has 0 spiro atoms. The highest BCUT2D eigenvalue weighted by Crippen LogP contribution is 2.26. The number of ether oxygens (including phenoxy) is 3. The quantitative estimate of drug-likeness (QED) is 0.826. The summed E-state index contributed by atoms with van der Waals surface area (Å²) in [6.45, 7) is 3.18. The van der Waals surface area contributed by atoms with E-state index >= 15 is 0 Å². The average Bonchev–Trinajstić information content (AvgIpc) is 2.55. The fourth-order valence-corrected chi connectivity index (χ4v) is 2.83. The molecule has 1 aromatic rings. The Morgan fingerprint density at radius 1 is 1.24 bits per heavy atom. The highest BCUT2D eigenvalue weighted by molar-refractivity contribution is 5.39. The SMILES string of the molecule is COc1ccccc1OCCN1CCC(OC)CC1CN. The van der Waals surface area contributed by atoms with Crippen molar-refractivity contribution in [3.63, 3.8) is 0 Å². The van der Waals surface area contributed by atoms with Crippen LogP contribution in [-0.4, -0.2) is 57.5 Å². The van der Waals surface area contributed by atoms with Crippen LogP contribution in [0.5, 0.6) is 11.5 Å². The Morgan fingerprint density at radius 3 is 2.67 bits per heavy atom. The molecule has 2 atom stereocenters. The molecule has 2 unspecified atom stereocenters. The van der Waals surface area contributed by atoms with Crippen molar-refractivity contribution in [3.8, 4) is 11.5 Å². The molecular formula is C16H26N2O3. The van der Waals surface area contributed by atoms with Crippen LogP contribution < -0.4 is 15.2 Å². The second-order valence-corrected chi connectivity index (χ2v) is 5.31. The topological polar surface area (TPSA) is 57.0 Å². The maximum Gasteiger partial charge on any atom is 0.161 e. The number of nitrogens with two attached hydrogens (primary N) is 1. The predicted molar refractivity (Wildman–Crippen MR) is 82.9 cm³/mol. The third-order valence-electron chi connectivity index (χ3n) is 4.10. The molecule has 0 radical (unpaired) electrons. The van der Waals surface area contributed by atoms with Gasteiger partial charge in [-0.25, -0.2) is 0 Å². The first-order chi connectivity index (χ1) is 10.3. The maximum atomic E-state index is 5.88. The molecule has 5 heteroatoms. The Hall–Kier alpha value is -1.30. The molecule has 0 aliphatic carbocycles. The van der Waals surface area contributed by atoms with Crippen molar-refractivity contribution in [3.05, 3.63) is 24.3 Å². The molecule has 5 nitrogen and oxygen atoms in total. The van der Waals surface area contributed by atoms with Crippen LogP contribution in [0.15, 0.2) is 24.3 Å². The van der Waals surface area contributed by atoms with Crippen molar-refractivity contribution < 1.29 is 14.2 Å². The average molecular weight is 294 g/mol. The zero-order valence-corrected chi connectivity index (χ0v) is 13.0. The van der Waals surface area contributed by atoms with Crippen LogP contribution in [-0.2, 0) is 4.74 Å². The minimum absolute atomic E-state index is 0.338. The summed E-state index contributed by atoms with van der Waals surface area (Å²) in [5, 5.41) is 0. The first-order valence-electron chi connectivity index (χ1n) is 7.51. The zero-order valence-electron chi connectivity index (χ0n) is 13.0. The highest BCUT2D eigenvalue weighted by Gasteiger charge is 2.27. The number of piperidine rings is 1. The van der Waals surface area contributed by atoms with E-state index in [4.69, 9.17) is 19.9 Å². The van der Waals surface area contributed by atoms with Gasteiger partial charge in [0, 0.05) is 32.8 Å². The van der Waals surface area contributed by atoms with Crippen molar-refractivity contribution >= 4 is 0 Å². The Morgan fingerprint density at radius 2 is 2.00 bits per heavy atom. The van der Waals surface area contributed by atoms with Crippen LogP contribution in [0.2, 0.25) is 0 Å². The molecule has 1 aliphatic heterocycles. The molecule has 0 amide bonds. The van der Waals surface area contributed by atoms with Gasteiger partial charge in [-0.05, 0) is 25.0 Å². The van der Waals surface area contributed by atoms with Crippen molar-refractivity contribution in [1.82, 2.24) is 4.90 Å². The summed E-state index contributed by atoms with van der Waals surface area (Å²) >= 11 is 0. The van der Waals surface area contributed by atoms with Gasteiger partial charge in [-0.3, -0.25) is 4.90 Å². The van der Waals surface area contributed by atoms with Gasteiger partial charge in [0.25, 0.3) is 0 Å². The minimum Gasteiger partial charge on any atom is -0.493 e. The Bertz CT molecular complexity index is 428. The van der Waals surface area contributed by atoms with E-state index in [2.05, 4.69) is 4.90 Å². The van der Waals surface area contributed by atoms with Crippen LogP contribution in [0.3, 0.4) is 0 Å². The normalized spacial score (nSPS) is 23.0. The highest BCUT2D eigenvalue weighted by atomic mass is 16.5. The Labute approximate surface area is 127 Å². The Kier molecular flexibility index (Phi) is 6.29. The number of nitrogens with zero attached hydrogens (tertiary/aromatic N) is 1. The molecule has 1 aliphatic rings. The van der Waals surface area contributed by atoms with Crippen molar-refractivity contribution in [2.75, 3.05) is 40.5 Å². The van der Waals surface area contributed by atoms with Crippen LogP contribution in [0.1, 0.15) is 12.8 Å². The van der Waals surface area contributed by atoms with E-state index in [9.17, 15) is 0 Å². The van der Waals surface area contributed by atoms with Crippen molar-refractivity contribution in [2.45, 2.75) is 25.0 Å². The third-order valence-corrected chi connectivity index (χ3v) is 4.10. The van der Waals surface area contributed by atoms with Crippen molar-refractivity contribution in [2.24, 2.45) is 5.73 Å². The van der Waals surface area contributed by atoms with E-state index in [1.54, 1.807) is 14.2 Å². The van der Waals surface area contributed by atoms with Crippen molar-refractivity contribution in [1.29, 1.82) is 0 Å². The van der Waals surface area contributed by atoms with Gasteiger partial charge >= 0.3 is 0 Å². The van der Waals surface area contributed by atoms with E-state index in [-0.39, 0.29) is 0 Å². The molecule has 1 heterocycles. The number of para-hydroxylation sites is 2. The third kappa shape index (κ3) is 4.33. The first-order valence-corrected chi connectivity index (χ1v) is 7.51. The van der Waals surface area contributed by atoms with Gasteiger partial charge in [0.2, 0.25) is 0 Å². The number of methoxy groups -OCH3 is 2. The summed E-state index contributed by atoms with van der Waals surface area (Å²) in [6.07, 6.45) is 2.40. The second kappa shape index (κ2) is 8.22. The molecule has 0 saturated carbocycles. The maximum absolute atomic E-state index is 5.88. The van der Waals surface area contributed by atoms with Gasteiger partial charge in [-0.15, -0.1) is 0 Å². The summed E-state index contributed by atoms with van der Waals surface area (Å²) in [5.41, 5.74) is 5.88. The first kappa shape index (κ1) is 16.1. The Balaban J connectivity index is 1.82. The summed E-state index contributed by atoms with van der Waals surface area (Å²) in [4.78, 5) is 2.39. The van der Waals surface area contributed by atoms with Gasteiger partial charge in [0.05, 0.1) is 13.2 Å². The lowest BCUT2D eigenvalue weighted by Crippen LogP contribution is -2.49. The number of hydrogen-bond donors (Lipinski definition) is 1. The lowest BCUT2D eigenvalue weighted by atomic mass is 9.99. The van der Waals surface area contributed by atoms with Crippen LogP contribution >= 0.6 is 0 Å². The molecular weight excluding hydrogens is 268 g/mol. The van der Waals surface area contributed by atoms with Crippen LogP contribution in [0, 0.1) is 0 Å². The fourth-order valence-electron chi connectivity index (χ4n) is 2.83. The summed E-state index contributed by atoms with van der Waals surface area (Å²) in [5.74, 6) is 1.56. The van der Waals surface area contributed by atoms with E-state index in [1.165, 1.54) is 0 Å². The van der Waals surface area contributed by atoms with Gasteiger partial charge in [0.15, 0.2) is 11.5 Å². The molecule has 2 rings (SSSR count). The van der Waals surface area contributed by atoms with E-state index in [1.807, 2.05) is 24.3 Å². The van der Waals surface area contributed by atoms with Crippen LogP contribution in [0.4, 0.5) is 0 Å². The van der Waals surface area contributed by atoms with Crippen LogP contribution in [0.25, 0.3) is 0 Å². The standard InChI is InChI=1S/C16H26N2O3/c1-19-14-7-8-18(13(11-14)12-17)9-10-21-16-6-4-3-5-15(16)20-2/h3-6,13-14H,7-12,17H2,1-2H3. The predicted octanol–water partition coefficient (Wildman–Crippen LogP) is 1.51.